The predicted octanol–water partition coefficient (Wildman–Crippen LogP) is 4.73. The van der Waals surface area contributed by atoms with Crippen LogP contribution in [0.3, 0.4) is 0 Å². The van der Waals surface area contributed by atoms with Crippen LogP contribution in [0.2, 0.25) is 0 Å². The van der Waals surface area contributed by atoms with Crippen LogP contribution >= 0.6 is 0 Å². The van der Waals surface area contributed by atoms with Crippen LogP contribution in [0.4, 0.5) is 0 Å². The van der Waals surface area contributed by atoms with E-state index >= 15 is 0 Å². The molecule has 0 N–H and O–H groups in total. The van der Waals surface area contributed by atoms with E-state index in [1.165, 1.54) is 37.7 Å². The summed E-state index contributed by atoms with van der Waals surface area (Å²) in [5, 5.41) is 0. The van der Waals surface area contributed by atoms with Crippen LogP contribution in [0.5, 0.6) is 0 Å². The van der Waals surface area contributed by atoms with Crippen molar-refractivity contribution in [1.29, 1.82) is 0 Å². The Bertz CT molecular complexity index is 295. The third kappa shape index (κ3) is 2.04. The summed E-state index contributed by atoms with van der Waals surface area (Å²) in [4.78, 5) is 0. The summed E-state index contributed by atoms with van der Waals surface area (Å²) in [6, 6.07) is 0. The fourth-order valence-electron chi connectivity index (χ4n) is 3.54. The molecule has 2 aliphatic carbocycles. The lowest BCUT2D eigenvalue weighted by Crippen LogP contribution is -2.28. The van der Waals surface area contributed by atoms with Crippen LogP contribution in [-0.2, 0) is 0 Å². The Labute approximate surface area is 94.5 Å². The van der Waals surface area contributed by atoms with Crippen molar-refractivity contribution >= 4 is 0 Å². The van der Waals surface area contributed by atoms with Gasteiger partial charge in [-0.3, -0.25) is 0 Å². The molecule has 0 aromatic heterocycles. The van der Waals surface area contributed by atoms with Crippen LogP contribution < -0.4 is 0 Å². The molecule has 0 heterocycles. The predicted molar refractivity (Wildman–Crippen MR) is 66.7 cm³/mol. The zero-order chi connectivity index (χ0) is 11.0. The highest BCUT2D eigenvalue weighted by Gasteiger charge is 2.34. The Kier molecular flexibility index (Phi) is 3.04. The lowest BCUT2D eigenvalue weighted by Gasteiger charge is -2.40. The maximum Gasteiger partial charge on any atom is -0.0133 e. The number of hydrogen-bond acceptors (Lipinski definition) is 0. The van der Waals surface area contributed by atoms with E-state index in [9.17, 15) is 0 Å². The minimum Gasteiger partial charge on any atom is -0.0998 e. The number of allylic oxidation sites excluding steroid dienone is 3. The van der Waals surface area contributed by atoms with E-state index in [-0.39, 0.29) is 0 Å². The van der Waals surface area contributed by atoms with Crippen LogP contribution in [-0.4, -0.2) is 0 Å². The molecule has 1 fully saturated rings. The van der Waals surface area contributed by atoms with E-state index in [0.717, 1.165) is 17.8 Å². The normalized spacial score (nSPS) is 36.3. The van der Waals surface area contributed by atoms with Crippen LogP contribution in [0, 0.1) is 17.8 Å². The smallest absolute Gasteiger partial charge is 0.0133 e. The average molecular weight is 204 g/mol. The maximum absolute atomic E-state index is 4.20. The second-order valence-corrected chi connectivity index (χ2v) is 5.78. The van der Waals surface area contributed by atoms with Gasteiger partial charge < -0.3 is 0 Å². The summed E-state index contributed by atoms with van der Waals surface area (Å²) in [5.41, 5.74) is 4.91. The molecule has 0 saturated heterocycles. The molecule has 0 bridgehead atoms. The van der Waals surface area contributed by atoms with Gasteiger partial charge in [0, 0.05) is 0 Å². The third-order valence-corrected chi connectivity index (χ3v) is 4.51. The largest absolute Gasteiger partial charge is 0.0998 e. The van der Waals surface area contributed by atoms with E-state index in [1.54, 1.807) is 11.1 Å². The van der Waals surface area contributed by atoms with Gasteiger partial charge in [0.05, 0.1) is 0 Å². The third-order valence-electron chi connectivity index (χ3n) is 4.51. The zero-order valence-corrected chi connectivity index (χ0v) is 10.5. The minimum atomic E-state index is 0.784. The van der Waals surface area contributed by atoms with E-state index in [0.29, 0.717) is 0 Å². The molecule has 0 aromatic rings. The van der Waals surface area contributed by atoms with E-state index in [1.807, 2.05) is 0 Å². The zero-order valence-electron chi connectivity index (χ0n) is 10.5. The summed E-state index contributed by atoms with van der Waals surface area (Å²) in [6.45, 7) is 11.2. The van der Waals surface area contributed by atoms with Crippen molar-refractivity contribution in [1.82, 2.24) is 0 Å². The molecule has 84 valence electrons. The molecule has 1 saturated carbocycles. The fraction of sp³-hybridized carbons (Fsp3) is 0.733. The number of fused-ring (bicyclic) bond motifs is 1. The Morgan fingerprint density at radius 2 is 2.00 bits per heavy atom. The summed E-state index contributed by atoms with van der Waals surface area (Å²) < 4.78 is 0. The van der Waals surface area contributed by atoms with Gasteiger partial charge in [-0.1, -0.05) is 30.2 Å². The first kappa shape index (κ1) is 11.0. The molecular formula is C15H24. The molecule has 2 rings (SSSR count). The first-order chi connectivity index (χ1) is 7.09. The SMILES string of the molecule is C=C(C)[C@@H]1CCC(C)=C2CC[C@H](C)C[C@H]21. The van der Waals surface area contributed by atoms with Crippen molar-refractivity contribution in [3.8, 4) is 0 Å². The molecule has 0 nitrogen and oxygen atoms in total. The van der Waals surface area contributed by atoms with Gasteiger partial charge in [0.15, 0.2) is 0 Å². The monoisotopic (exact) mass is 204 g/mol. The van der Waals surface area contributed by atoms with Gasteiger partial charge in [0.1, 0.15) is 0 Å². The van der Waals surface area contributed by atoms with Gasteiger partial charge in [-0.2, -0.15) is 0 Å². The van der Waals surface area contributed by atoms with Crippen LogP contribution in [0.15, 0.2) is 23.3 Å². The topological polar surface area (TPSA) is 0 Å². The molecule has 0 heteroatoms. The van der Waals surface area contributed by atoms with Crippen molar-refractivity contribution in [3.63, 3.8) is 0 Å². The molecule has 0 spiro atoms. The number of rotatable bonds is 1. The van der Waals surface area contributed by atoms with Crippen molar-refractivity contribution in [2.75, 3.05) is 0 Å². The first-order valence-corrected chi connectivity index (χ1v) is 6.43. The van der Waals surface area contributed by atoms with Gasteiger partial charge in [-0.05, 0) is 63.7 Å². The van der Waals surface area contributed by atoms with Crippen molar-refractivity contribution < 1.29 is 0 Å². The van der Waals surface area contributed by atoms with Gasteiger partial charge in [-0.25, -0.2) is 0 Å². The lowest BCUT2D eigenvalue weighted by molar-refractivity contribution is 0.263. The van der Waals surface area contributed by atoms with E-state index in [4.69, 9.17) is 0 Å². The summed E-state index contributed by atoms with van der Waals surface area (Å²) in [5.74, 6) is 2.55. The molecule has 3 atom stereocenters. The first-order valence-electron chi connectivity index (χ1n) is 6.43. The molecule has 0 unspecified atom stereocenters. The van der Waals surface area contributed by atoms with Gasteiger partial charge in [-0.15, -0.1) is 0 Å². The van der Waals surface area contributed by atoms with E-state index < -0.39 is 0 Å². The second-order valence-electron chi connectivity index (χ2n) is 5.78. The van der Waals surface area contributed by atoms with Gasteiger partial charge in [0.25, 0.3) is 0 Å². The minimum absolute atomic E-state index is 0.784. The second kappa shape index (κ2) is 4.15. The Morgan fingerprint density at radius 3 is 2.67 bits per heavy atom. The number of hydrogen-bond donors (Lipinski definition) is 0. The fourth-order valence-corrected chi connectivity index (χ4v) is 3.54. The average Bonchev–Trinajstić information content (AvgIpc) is 2.17. The van der Waals surface area contributed by atoms with Crippen molar-refractivity contribution in [3.05, 3.63) is 23.3 Å². The van der Waals surface area contributed by atoms with Crippen LogP contribution in [0.25, 0.3) is 0 Å². The maximum atomic E-state index is 4.20. The van der Waals surface area contributed by atoms with Gasteiger partial charge in [0.2, 0.25) is 0 Å². The Morgan fingerprint density at radius 1 is 1.27 bits per heavy atom. The van der Waals surface area contributed by atoms with Crippen molar-refractivity contribution in [2.24, 2.45) is 17.8 Å². The van der Waals surface area contributed by atoms with Crippen molar-refractivity contribution in [2.45, 2.75) is 52.9 Å². The van der Waals surface area contributed by atoms with Gasteiger partial charge >= 0.3 is 0 Å². The molecular weight excluding hydrogens is 180 g/mol. The lowest BCUT2D eigenvalue weighted by atomic mass is 9.65. The molecule has 15 heavy (non-hydrogen) atoms. The van der Waals surface area contributed by atoms with E-state index in [2.05, 4.69) is 27.4 Å². The summed E-state index contributed by atoms with van der Waals surface area (Å²) in [7, 11) is 0. The molecule has 0 radical (unpaired) electrons. The summed E-state index contributed by atoms with van der Waals surface area (Å²) >= 11 is 0. The molecule has 2 aliphatic rings. The molecule has 0 aromatic carbocycles. The molecule has 0 amide bonds. The highest BCUT2D eigenvalue weighted by atomic mass is 14.4. The highest BCUT2D eigenvalue weighted by molar-refractivity contribution is 5.25. The quantitative estimate of drug-likeness (QED) is 0.542. The van der Waals surface area contributed by atoms with Crippen LogP contribution in [0.1, 0.15) is 52.9 Å². The Hall–Kier alpha value is -0.520. The standard InChI is InChI=1S/C15H24/c1-10(2)13-8-6-12(4)14-7-5-11(3)9-15(13)14/h11,13,15H,1,5-9H2,2-4H3/t11-,13-,15-/m0/s1. The Balaban J connectivity index is 2.26. The molecule has 0 aliphatic heterocycles. The summed E-state index contributed by atoms with van der Waals surface area (Å²) in [6.07, 6.45) is 6.84. The highest BCUT2D eigenvalue weighted by Crippen LogP contribution is 2.46.